The number of carbonyl (C=O) groups is 1. The maximum absolute atomic E-state index is 12.1. The van der Waals surface area contributed by atoms with E-state index >= 15 is 0 Å². The zero-order valence-electron chi connectivity index (χ0n) is 13.9. The molecule has 2 heterocycles. The molecule has 2 aromatic heterocycles. The van der Waals surface area contributed by atoms with Crippen LogP contribution in [0.2, 0.25) is 0 Å². The lowest BCUT2D eigenvalue weighted by Crippen LogP contribution is -2.44. The number of ketones is 1. The zero-order valence-corrected chi connectivity index (χ0v) is 14.7. The number of benzene rings is 1. The number of nitrogens with two attached hydrogens (primary N) is 1. The molecule has 25 heavy (non-hydrogen) atoms. The molecule has 3 aromatic rings. The first-order chi connectivity index (χ1) is 12.1. The monoisotopic (exact) mass is 353 g/mol. The molecule has 2 N–H and O–H groups in total. The molecular weight excluding hydrogens is 336 g/mol. The van der Waals surface area contributed by atoms with Crippen LogP contribution in [-0.2, 0) is 11.3 Å². The summed E-state index contributed by atoms with van der Waals surface area (Å²) in [5.41, 5.74) is 2.84. The molecule has 0 unspecified atom stereocenters. The fourth-order valence-corrected chi connectivity index (χ4v) is 3.40. The Bertz CT molecular complexity index is 1020. The number of nitrogens with zero attached hydrogens (tertiary/aromatic N) is 5. The number of rotatable bonds is 6. The van der Waals surface area contributed by atoms with Gasteiger partial charge in [0.2, 0.25) is 5.16 Å². The van der Waals surface area contributed by atoms with E-state index in [9.17, 15) is 4.79 Å². The van der Waals surface area contributed by atoms with Gasteiger partial charge in [0.1, 0.15) is 5.52 Å². The molecule has 126 valence electrons. The van der Waals surface area contributed by atoms with Gasteiger partial charge in [-0.3, -0.25) is 10.2 Å². The van der Waals surface area contributed by atoms with Crippen LogP contribution in [0.4, 0.5) is 0 Å². The largest absolute Gasteiger partial charge is 0.324 e. The van der Waals surface area contributed by atoms with Crippen LogP contribution >= 0.6 is 11.8 Å². The number of nitriles is 1. The molecular formula is C17H17N6OS+. The third-order valence-electron chi connectivity index (χ3n) is 3.92. The van der Waals surface area contributed by atoms with Crippen molar-refractivity contribution in [2.75, 3.05) is 5.75 Å². The summed E-state index contributed by atoms with van der Waals surface area (Å²) in [7, 11) is 0. The van der Waals surface area contributed by atoms with Gasteiger partial charge in [-0.1, -0.05) is 30.0 Å². The van der Waals surface area contributed by atoms with E-state index in [1.165, 1.54) is 11.8 Å². The second-order valence-corrected chi connectivity index (χ2v) is 6.53. The van der Waals surface area contributed by atoms with E-state index in [-0.39, 0.29) is 11.5 Å². The molecule has 0 saturated heterocycles. The minimum atomic E-state index is -0.897. The first kappa shape index (κ1) is 17.0. The van der Waals surface area contributed by atoms with Crippen molar-refractivity contribution < 1.29 is 10.2 Å². The highest BCUT2D eigenvalue weighted by Crippen LogP contribution is 2.27. The van der Waals surface area contributed by atoms with Crippen molar-refractivity contribution in [3.05, 3.63) is 24.3 Å². The van der Waals surface area contributed by atoms with Gasteiger partial charge in [0.25, 0.3) is 0 Å². The minimum Gasteiger partial charge on any atom is -0.324 e. The topological polar surface area (TPSA) is 110 Å². The van der Waals surface area contributed by atoms with E-state index in [1.807, 2.05) is 37.3 Å². The maximum Gasteiger partial charge on any atom is 0.211 e. The van der Waals surface area contributed by atoms with E-state index in [0.717, 1.165) is 28.6 Å². The molecule has 0 spiro atoms. The maximum atomic E-state index is 12.1. The zero-order chi connectivity index (χ0) is 18.0. The fourth-order valence-electron chi connectivity index (χ4n) is 2.72. The molecule has 1 atom stereocenters. The highest BCUT2D eigenvalue weighted by Gasteiger charge is 2.24. The summed E-state index contributed by atoms with van der Waals surface area (Å²) in [5.74, 6) is -1.08. The van der Waals surface area contributed by atoms with E-state index in [0.29, 0.717) is 10.9 Å². The Morgan fingerprint density at radius 1 is 1.40 bits per heavy atom. The predicted molar refractivity (Wildman–Crippen MR) is 95.9 cm³/mol. The molecule has 0 saturated carbocycles. The number of hydrogen-bond acceptors (Lipinski definition) is 6. The van der Waals surface area contributed by atoms with E-state index in [4.69, 9.17) is 10.7 Å². The molecule has 0 amide bonds. The van der Waals surface area contributed by atoms with Gasteiger partial charge in [0.05, 0.1) is 17.3 Å². The summed E-state index contributed by atoms with van der Waals surface area (Å²) in [6.45, 7) is 4.37. The minimum absolute atomic E-state index is 0.0757. The number of aryl methyl sites for hydroxylation is 1. The van der Waals surface area contributed by atoms with Crippen molar-refractivity contribution >= 4 is 45.3 Å². The van der Waals surface area contributed by atoms with Crippen molar-refractivity contribution in [2.24, 2.45) is 5.92 Å². The average molecular weight is 353 g/mol. The second-order valence-electron chi connectivity index (χ2n) is 5.59. The van der Waals surface area contributed by atoms with Crippen LogP contribution in [0.15, 0.2) is 29.4 Å². The summed E-state index contributed by atoms with van der Waals surface area (Å²) in [4.78, 5) is 16.7. The summed E-state index contributed by atoms with van der Waals surface area (Å²) in [6, 6.07) is 9.87. The van der Waals surface area contributed by atoms with Crippen molar-refractivity contribution in [1.82, 2.24) is 19.7 Å². The van der Waals surface area contributed by atoms with Crippen LogP contribution in [0, 0.1) is 17.2 Å². The van der Waals surface area contributed by atoms with E-state index in [2.05, 4.69) is 19.7 Å². The second kappa shape index (κ2) is 6.99. The molecule has 0 bridgehead atoms. The van der Waals surface area contributed by atoms with Crippen molar-refractivity contribution in [3.8, 4) is 6.07 Å². The SMILES string of the molecule is CCn1c2ccccc2c2nnc(SCC(=O)[C@@H](C#N)C(C)=[NH2+])nc21. The Hall–Kier alpha value is -2.79. The smallest absolute Gasteiger partial charge is 0.211 e. The molecule has 8 heteroatoms. The van der Waals surface area contributed by atoms with Crippen LogP contribution in [0.5, 0.6) is 0 Å². The third kappa shape index (κ3) is 3.10. The van der Waals surface area contributed by atoms with E-state index in [1.54, 1.807) is 6.92 Å². The number of aromatic nitrogens is 4. The van der Waals surface area contributed by atoms with Gasteiger partial charge < -0.3 is 4.57 Å². The number of para-hydroxylation sites is 1. The Morgan fingerprint density at radius 3 is 2.84 bits per heavy atom. The van der Waals surface area contributed by atoms with Gasteiger partial charge >= 0.3 is 0 Å². The van der Waals surface area contributed by atoms with Crippen molar-refractivity contribution in [3.63, 3.8) is 0 Å². The molecule has 0 fully saturated rings. The average Bonchev–Trinajstić information content (AvgIpc) is 2.93. The molecule has 1 aromatic carbocycles. The molecule has 0 aliphatic carbocycles. The van der Waals surface area contributed by atoms with Gasteiger partial charge in [-0.25, -0.2) is 4.98 Å². The molecule has 3 rings (SSSR count). The lowest BCUT2D eigenvalue weighted by molar-refractivity contribution is -0.127. The predicted octanol–water partition coefficient (Wildman–Crippen LogP) is 1.02. The number of carbonyl (C=O) groups excluding carboxylic acids is 1. The standard InChI is InChI=1S/C17H16N6OS/c1-3-23-13-7-5-4-6-11(13)15-16(23)20-17(22-21-15)25-9-14(24)12(8-18)10(2)19/h4-7,12,19H,3,9H2,1-2H3/p+1/t12-/m0/s1. The Morgan fingerprint density at radius 2 is 2.16 bits per heavy atom. The highest BCUT2D eigenvalue weighted by atomic mass is 32.2. The number of thioether (sulfide) groups is 1. The lowest BCUT2D eigenvalue weighted by atomic mass is 10.0. The molecule has 0 aliphatic rings. The molecule has 7 nitrogen and oxygen atoms in total. The Kier molecular flexibility index (Phi) is 4.76. The summed E-state index contributed by atoms with van der Waals surface area (Å²) < 4.78 is 2.07. The summed E-state index contributed by atoms with van der Waals surface area (Å²) in [5, 5.41) is 24.4. The van der Waals surface area contributed by atoms with Crippen LogP contribution in [-0.4, -0.2) is 37.0 Å². The summed E-state index contributed by atoms with van der Waals surface area (Å²) >= 11 is 1.17. The van der Waals surface area contributed by atoms with Gasteiger partial charge in [-0.15, -0.1) is 10.2 Å². The fraction of sp³-hybridized carbons (Fsp3) is 0.294. The van der Waals surface area contributed by atoms with Crippen molar-refractivity contribution in [2.45, 2.75) is 25.5 Å². The Balaban J connectivity index is 1.92. The summed E-state index contributed by atoms with van der Waals surface area (Å²) in [6.07, 6.45) is 0. The Labute approximate surface area is 148 Å². The number of hydrogen-bond donors (Lipinski definition) is 1. The van der Waals surface area contributed by atoms with Gasteiger partial charge in [0, 0.05) is 18.9 Å². The van der Waals surface area contributed by atoms with Gasteiger partial charge in [0.15, 0.2) is 23.1 Å². The normalized spacial score (nSPS) is 12.2. The first-order valence-corrected chi connectivity index (χ1v) is 8.81. The lowest BCUT2D eigenvalue weighted by Gasteiger charge is -2.04. The highest BCUT2D eigenvalue weighted by molar-refractivity contribution is 7.99. The number of fused-ring (bicyclic) bond motifs is 3. The quantitative estimate of drug-likeness (QED) is 0.523. The molecule has 0 aliphatic heterocycles. The van der Waals surface area contributed by atoms with Crippen LogP contribution < -0.4 is 5.41 Å². The van der Waals surface area contributed by atoms with E-state index < -0.39 is 5.92 Å². The number of Topliss-reactive ketones (excluding diaryl/α,β-unsaturated/α-hetero) is 1. The van der Waals surface area contributed by atoms with Crippen LogP contribution in [0.25, 0.3) is 22.1 Å². The van der Waals surface area contributed by atoms with Crippen LogP contribution in [0.1, 0.15) is 13.8 Å². The molecule has 0 radical (unpaired) electrons. The van der Waals surface area contributed by atoms with Crippen LogP contribution in [0.3, 0.4) is 0 Å². The third-order valence-corrected chi connectivity index (χ3v) is 4.78. The first-order valence-electron chi connectivity index (χ1n) is 7.82. The van der Waals surface area contributed by atoms with Gasteiger partial charge in [-0.2, -0.15) is 5.26 Å². The van der Waals surface area contributed by atoms with Crippen molar-refractivity contribution in [1.29, 1.82) is 5.26 Å². The van der Waals surface area contributed by atoms with Gasteiger partial charge in [-0.05, 0) is 13.0 Å².